The van der Waals surface area contributed by atoms with Gasteiger partial charge in [0, 0.05) is 18.3 Å². The Bertz CT molecular complexity index is 265. The number of hydrogen-bond acceptors (Lipinski definition) is 3. The van der Waals surface area contributed by atoms with Crippen LogP contribution in [0.5, 0.6) is 0 Å². The molecule has 0 saturated heterocycles. The lowest BCUT2D eigenvalue weighted by molar-refractivity contribution is 0.322. The summed E-state index contributed by atoms with van der Waals surface area (Å²) in [5, 5.41) is 15.4. The second-order valence-corrected chi connectivity index (χ2v) is 2.27. The maximum Gasteiger partial charge on any atom is 0.0768 e. The molecule has 0 radical (unpaired) electrons. The van der Waals surface area contributed by atoms with Crippen molar-refractivity contribution in [2.75, 3.05) is 0 Å². The maximum atomic E-state index is 8.26. The highest BCUT2D eigenvalue weighted by Gasteiger charge is 1.99. The van der Waals surface area contributed by atoms with E-state index in [9.17, 15) is 0 Å². The van der Waals surface area contributed by atoms with E-state index in [1.807, 2.05) is 20.0 Å². The molecule has 0 fully saturated rings. The average Bonchev–Trinajstić information content (AvgIpc) is 2.33. The molecule has 1 rings (SSSR count). The Labute approximate surface area is 65.1 Å². The van der Waals surface area contributed by atoms with E-state index in [4.69, 9.17) is 5.21 Å². The molecule has 11 heavy (non-hydrogen) atoms. The van der Waals surface area contributed by atoms with Crippen molar-refractivity contribution in [3.05, 3.63) is 17.5 Å². The van der Waals surface area contributed by atoms with Crippen molar-refractivity contribution in [2.24, 2.45) is 5.16 Å². The zero-order valence-corrected chi connectivity index (χ0v) is 6.65. The number of aromatic nitrogens is 2. The van der Waals surface area contributed by atoms with Gasteiger partial charge in [0.2, 0.25) is 0 Å². The summed E-state index contributed by atoms with van der Waals surface area (Å²) >= 11 is 0. The van der Waals surface area contributed by atoms with E-state index in [-0.39, 0.29) is 0 Å². The monoisotopic (exact) mass is 153 g/mol. The van der Waals surface area contributed by atoms with Gasteiger partial charge in [-0.25, -0.2) is 0 Å². The molecule has 4 heteroatoms. The van der Waals surface area contributed by atoms with Crippen LogP contribution < -0.4 is 0 Å². The molecule has 0 unspecified atom stereocenters. The molecule has 1 aromatic heterocycles. The van der Waals surface area contributed by atoms with Crippen molar-refractivity contribution >= 4 is 6.21 Å². The third kappa shape index (κ3) is 1.58. The van der Waals surface area contributed by atoms with Gasteiger partial charge in [0.15, 0.2) is 0 Å². The van der Waals surface area contributed by atoms with Crippen LogP contribution in [0, 0.1) is 6.92 Å². The molecule has 0 aliphatic heterocycles. The van der Waals surface area contributed by atoms with E-state index in [2.05, 4.69) is 10.3 Å². The highest BCUT2D eigenvalue weighted by atomic mass is 16.4. The quantitative estimate of drug-likeness (QED) is 0.392. The summed E-state index contributed by atoms with van der Waals surface area (Å²) in [6, 6.07) is 0. The van der Waals surface area contributed by atoms with Gasteiger partial charge in [-0.1, -0.05) is 5.16 Å². The predicted octanol–water partition coefficient (Wildman–Crippen LogP) is 1.02. The summed E-state index contributed by atoms with van der Waals surface area (Å²) in [4.78, 5) is 0. The van der Waals surface area contributed by atoms with Crippen LogP contribution in [0.3, 0.4) is 0 Å². The molecule has 0 aliphatic carbocycles. The first-order chi connectivity index (χ1) is 5.27. The zero-order chi connectivity index (χ0) is 8.27. The molecule has 4 nitrogen and oxygen atoms in total. The lowest BCUT2D eigenvalue weighted by Crippen LogP contribution is -1.93. The highest BCUT2D eigenvalue weighted by molar-refractivity contribution is 5.79. The Morgan fingerprint density at radius 2 is 2.55 bits per heavy atom. The Hall–Kier alpha value is -1.32. The third-order valence-corrected chi connectivity index (χ3v) is 1.51. The normalized spacial score (nSPS) is 11.1. The summed E-state index contributed by atoms with van der Waals surface area (Å²) in [5.74, 6) is 0. The highest BCUT2D eigenvalue weighted by Crippen LogP contribution is 2.01. The Morgan fingerprint density at radius 1 is 1.82 bits per heavy atom. The van der Waals surface area contributed by atoms with E-state index in [0.717, 1.165) is 17.8 Å². The van der Waals surface area contributed by atoms with E-state index in [1.165, 1.54) is 6.21 Å². The zero-order valence-electron chi connectivity index (χ0n) is 6.65. The molecule has 0 spiro atoms. The second kappa shape index (κ2) is 3.18. The summed E-state index contributed by atoms with van der Waals surface area (Å²) in [7, 11) is 0. The van der Waals surface area contributed by atoms with Crippen LogP contribution in [-0.2, 0) is 6.54 Å². The predicted molar refractivity (Wildman–Crippen MR) is 42.0 cm³/mol. The van der Waals surface area contributed by atoms with Gasteiger partial charge in [-0.2, -0.15) is 5.10 Å². The molecule has 60 valence electrons. The fraction of sp³-hybridized carbons (Fsp3) is 0.429. The number of hydrogen-bond donors (Lipinski definition) is 1. The van der Waals surface area contributed by atoms with Crippen LogP contribution in [-0.4, -0.2) is 21.2 Å². The maximum absolute atomic E-state index is 8.26. The first kappa shape index (κ1) is 7.78. The molecule has 0 aromatic carbocycles. The van der Waals surface area contributed by atoms with Crippen LogP contribution in [0.25, 0.3) is 0 Å². The number of oxime groups is 1. The van der Waals surface area contributed by atoms with Crippen LogP contribution in [0.4, 0.5) is 0 Å². The van der Waals surface area contributed by atoms with Crippen molar-refractivity contribution in [1.29, 1.82) is 0 Å². The second-order valence-electron chi connectivity index (χ2n) is 2.27. The summed E-state index contributed by atoms with van der Waals surface area (Å²) < 4.78 is 1.80. The Balaban J connectivity index is 2.97. The van der Waals surface area contributed by atoms with Crippen molar-refractivity contribution in [3.8, 4) is 0 Å². The minimum Gasteiger partial charge on any atom is -0.411 e. The molecule has 0 atom stereocenters. The van der Waals surface area contributed by atoms with E-state index in [0.29, 0.717) is 0 Å². The molecular formula is C7H11N3O. The number of aryl methyl sites for hydroxylation is 2. The number of rotatable bonds is 2. The van der Waals surface area contributed by atoms with E-state index < -0.39 is 0 Å². The molecule has 1 heterocycles. The molecule has 0 bridgehead atoms. The molecule has 1 aromatic rings. The van der Waals surface area contributed by atoms with Gasteiger partial charge in [-0.05, 0) is 13.8 Å². The molecule has 0 saturated carbocycles. The van der Waals surface area contributed by atoms with E-state index in [1.54, 1.807) is 4.68 Å². The summed E-state index contributed by atoms with van der Waals surface area (Å²) in [6.07, 6.45) is 3.23. The lowest BCUT2D eigenvalue weighted by atomic mass is 10.3. The Morgan fingerprint density at radius 3 is 3.00 bits per heavy atom. The van der Waals surface area contributed by atoms with Crippen molar-refractivity contribution in [1.82, 2.24) is 9.78 Å². The van der Waals surface area contributed by atoms with E-state index >= 15 is 0 Å². The average molecular weight is 153 g/mol. The van der Waals surface area contributed by atoms with Crippen molar-refractivity contribution in [3.63, 3.8) is 0 Å². The van der Waals surface area contributed by atoms with Crippen LogP contribution >= 0.6 is 0 Å². The van der Waals surface area contributed by atoms with Gasteiger partial charge in [0.05, 0.1) is 11.9 Å². The largest absolute Gasteiger partial charge is 0.411 e. The van der Waals surface area contributed by atoms with Gasteiger partial charge in [-0.3, -0.25) is 4.68 Å². The Kier molecular flexibility index (Phi) is 2.25. The lowest BCUT2D eigenvalue weighted by Gasteiger charge is -1.89. The fourth-order valence-corrected chi connectivity index (χ4v) is 0.884. The SMILES string of the molecule is CCn1cc(/C=N\O)c(C)n1. The minimum absolute atomic E-state index is 0.833. The summed E-state index contributed by atoms with van der Waals surface area (Å²) in [5.41, 5.74) is 1.74. The minimum atomic E-state index is 0.833. The fourth-order valence-electron chi connectivity index (χ4n) is 0.884. The van der Waals surface area contributed by atoms with Crippen molar-refractivity contribution < 1.29 is 5.21 Å². The van der Waals surface area contributed by atoms with Crippen molar-refractivity contribution in [2.45, 2.75) is 20.4 Å². The van der Waals surface area contributed by atoms with Gasteiger partial charge >= 0.3 is 0 Å². The van der Waals surface area contributed by atoms with Gasteiger partial charge < -0.3 is 5.21 Å². The first-order valence-corrected chi connectivity index (χ1v) is 3.49. The van der Waals surface area contributed by atoms with Crippen LogP contribution in [0.15, 0.2) is 11.4 Å². The van der Waals surface area contributed by atoms with Gasteiger partial charge in [0.25, 0.3) is 0 Å². The smallest absolute Gasteiger partial charge is 0.0768 e. The van der Waals surface area contributed by atoms with Gasteiger partial charge in [-0.15, -0.1) is 0 Å². The third-order valence-electron chi connectivity index (χ3n) is 1.51. The van der Waals surface area contributed by atoms with Gasteiger partial charge in [0.1, 0.15) is 0 Å². The standard InChI is InChI=1S/C7H11N3O/c1-3-10-5-7(4-8-11)6(2)9-10/h4-5,11H,3H2,1-2H3/b8-4-. The molecule has 0 aliphatic rings. The topological polar surface area (TPSA) is 50.4 Å². The molecule has 1 N–H and O–H groups in total. The molecule has 0 amide bonds. The van der Waals surface area contributed by atoms with Crippen LogP contribution in [0.2, 0.25) is 0 Å². The number of nitrogens with zero attached hydrogens (tertiary/aromatic N) is 3. The summed E-state index contributed by atoms with van der Waals surface area (Å²) in [6.45, 7) is 4.72. The van der Waals surface area contributed by atoms with Crippen LogP contribution in [0.1, 0.15) is 18.2 Å². The molecular weight excluding hydrogens is 142 g/mol. The first-order valence-electron chi connectivity index (χ1n) is 3.49.